The Labute approximate surface area is 96.2 Å². The second-order valence-corrected chi connectivity index (χ2v) is 4.49. The zero-order chi connectivity index (χ0) is 11.5. The Morgan fingerprint density at radius 3 is 2.75 bits per heavy atom. The SMILES string of the molecule is COc1cc([C@@H]2CCCC[C@H]2N)ccc1O. The number of rotatable bonds is 2. The molecule has 0 heterocycles. The normalized spacial score (nSPS) is 25.4. The van der Waals surface area contributed by atoms with Gasteiger partial charge in [0.05, 0.1) is 7.11 Å². The maximum Gasteiger partial charge on any atom is 0.160 e. The van der Waals surface area contributed by atoms with Crippen molar-refractivity contribution in [3.63, 3.8) is 0 Å². The summed E-state index contributed by atoms with van der Waals surface area (Å²) in [6, 6.07) is 5.79. The van der Waals surface area contributed by atoms with Crippen LogP contribution in [0.4, 0.5) is 0 Å². The molecule has 2 rings (SSSR count). The molecule has 0 spiro atoms. The number of hydrogen-bond acceptors (Lipinski definition) is 3. The molecule has 0 radical (unpaired) electrons. The second-order valence-electron chi connectivity index (χ2n) is 4.49. The zero-order valence-electron chi connectivity index (χ0n) is 9.65. The highest BCUT2D eigenvalue weighted by Crippen LogP contribution is 2.36. The molecular weight excluding hydrogens is 202 g/mol. The standard InChI is InChI=1S/C13H19NO2/c1-16-13-8-9(6-7-12(13)15)10-4-2-3-5-11(10)14/h6-8,10-11,15H,2-5,14H2,1H3/t10-,11+/m0/s1. The summed E-state index contributed by atoms with van der Waals surface area (Å²) in [6.45, 7) is 0. The lowest BCUT2D eigenvalue weighted by atomic mass is 9.80. The number of methoxy groups -OCH3 is 1. The molecule has 1 aliphatic rings. The fourth-order valence-electron chi connectivity index (χ4n) is 2.50. The van der Waals surface area contributed by atoms with Gasteiger partial charge in [0.25, 0.3) is 0 Å². The minimum Gasteiger partial charge on any atom is -0.504 e. The van der Waals surface area contributed by atoms with Crippen LogP contribution in [0.5, 0.6) is 11.5 Å². The minimum absolute atomic E-state index is 0.190. The van der Waals surface area contributed by atoms with Crippen LogP contribution in [0.3, 0.4) is 0 Å². The van der Waals surface area contributed by atoms with Crippen LogP contribution in [0.2, 0.25) is 0 Å². The monoisotopic (exact) mass is 221 g/mol. The number of phenols is 1. The third kappa shape index (κ3) is 2.14. The first-order chi connectivity index (χ1) is 7.72. The topological polar surface area (TPSA) is 55.5 Å². The van der Waals surface area contributed by atoms with Gasteiger partial charge in [0, 0.05) is 6.04 Å². The Bertz CT molecular complexity index is 365. The van der Waals surface area contributed by atoms with E-state index in [0.717, 1.165) is 12.8 Å². The third-order valence-electron chi connectivity index (χ3n) is 3.45. The van der Waals surface area contributed by atoms with Gasteiger partial charge in [-0.3, -0.25) is 0 Å². The number of ether oxygens (including phenoxy) is 1. The van der Waals surface area contributed by atoms with Crippen LogP contribution < -0.4 is 10.5 Å². The van der Waals surface area contributed by atoms with Crippen molar-refractivity contribution in [1.82, 2.24) is 0 Å². The molecule has 1 fully saturated rings. The molecule has 0 aromatic heterocycles. The maximum absolute atomic E-state index is 9.54. The van der Waals surface area contributed by atoms with E-state index in [2.05, 4.69) is 0 Å². The van der Waals surface area contributed by atoms with E-state index in [0.29, 0.717) is 11.7 Å². The molecule has 16 heavy (non-hydrogen) atoms. The molecule has 1 aromatic carbocycles. The Balaban J connectivity index is 2.25. The van der Waals surface area contributed by atoms with Gasteiger partial charge in [0.1, 0.15) is 0 Å². The van der Waals surface area contributed by atoms with Gasteiger partial charge in [-0.2, -0.15) is 0 Å². The number of phenolic OH excluding ortho intramolecular Hbond substituents is 1. The largest absolute Gasteiger partial charge is 0.504 e. The first-order valence-corrected chi connectivity index (χ1v) is 5.85. The lowest BCUT2D eigenvalue weighted by Gasteiger charge is -2.29. The van der Waals surface area contributed by atoms with Gasteiger partial charge in [-0.05, 0) is 36.5 Å². The number of benzene rings is 1. The Morgan fingerprint density at radius 1 is 1.31 bits per heavy atom. The van der Waals surface area contributed by atoms with Crippen LogP contribution in [0.15, 0.2) is 18.2 Å². The average Bonchev–Trinajstić information content (AvgIpc) is 2.31. The van der Waals surface area contributed by atoms with E-state index in [4.69, 9.17) is 10.5 Å². The van der Waals surface area contributed by atoms with Gasteiger partial charge < -0.3 is 15.6 Å². The zero-order valence-corrected chi connectivity index (χ0v) is 9.65. The van der Waals surface area contributed by atoms with Crippen molar-refractivity contribution in [2.75, 3.05) is 7.11 Å². The van der Waals surface area contributed by atoms with Crippen molar-refractivity contribution in [2.45, 2.75) is 37.6 Å². The highest BCUT2D eigenvalue weighted by atomic mass is 16.5. The van der Waals surface area contributed by atoms with E-state index in [1.165, 1.54) is 18.4 Å². The van der Waals surface area contributed by atoms with E-state index in [-0.39, 0.29) is 11.8 Å². The summed E-state index contributed by atoms with van der Waals surface area (Å²) >= 11 is 0. The first-order valence-electron chi connectivity index (χ1n) is 5.85. The van der Waals surface area contributed by atoms with Gasteiger partial charge in [0.2, 0.25) is 0 Å². The van der Waals surface area contributed by atoms with E-state index in [1.807, 2.05) is 12.1 Å². The molecule has 0 unspecified atom stereocenters. The van der Waals surface area contributed by atoms with E-state index >= 15 is 0 Å². The average molecular weight is 221 g/mol. The van der Waals surface area contributed by atoms with Crippen LogP contribution in [-0.4, -0.2) is 18.3 Å². The lowest BCUT2D eigenvalue weighted by Crippen LogP contribution is -2.31. The van der Waals surface area contributed by atoms with Crippen molar-refractivity contribution in [3.05, 3.63) is 23.8 Å². The van der Waals surface area contributed by atoms with Crippen molar-refractivity contribution in [1.29, 1.82) is 0 Å². The quantitative estimate of drug-likeness (QED) is 0.806. The van der Waals surface area contributed by atoms with Gasteiger partial charge in [-0.15, -0.1) is 0 Å². The summed E-state index contributed by atoms with van der Waals surface area (Å²) in [5.41, 5.74) is 7.32. The first kappa shape index (κ1) is 11.3. The predicted molar refractivity (Wildman–Crippen MR) is 63.8 cm³/mol. The lowest BCUT2D eigenvalue weighted by molar-refractivity contribution is 0.365. The van der Waals surface area contributed by atoms with Crippen LogP contribution in [0, 0.1) is 0 Å². The molecule has 3 nitrogen and oxygen atoms in total. The smallest absolute Gasteiger partial charge is 0.160 e. The summed E-state index contributed by atoms with van der Waals surface area (Å²) < 4.78 is 5.12. The molecule has 88 valence electrons. The minimum atomic E-state index is 0.190. The van der Waals surface area contributed by atoms with E-state index in [1.54, 1.807) is 13.2 Å². The summed E-state index contributed by atoms with van der Waals surface area (Å²) in [4.78, 5) is 0. The van der Waals surface area contributed by atoms with Gasteiger partial charge in [0.15, 0.2) is 11.5 Å². The fourth-order valence-corrected chi connectivity index (χ4v) is 2.50. The van der Waals surface area contributed by atoms with Crippen molar-refractivity contribution < 1.29 is 9.84 Å². The number of nitrogens with two attached hydrogens (primary N) is 1. The van der Waals surface area contributed by atoms with Crippen LogP contribution in [-0.2, 0) is 0 Å². The van der Waals surface area contributed by atoms with E-state index < -0.39 is 0 Å². The van der Waals surface area contributed by atoms with Crippen LogP contribution in [0.1, 0.15) is 37.2 Å². The predicted octanol–water partition coefficient (Wildman–Crippen LogP) is 2.39. The van der Waals surface area contributed by atoms with Crippen molar-refractivity contribution in [2.24, 2.45) is 5.73 Å². The second kappa shape index (κ2) is 4.74. The van der Waals surface area contributed by atoms with Gasteiger partial charge in [-0.1, -0.05) is 18.9 Å². The van der Waals surface area contributed by atoms with Crippen molar-refractivity contribution in [3.8, 4) is 11.5 Å². The summed E-state index contributed by atoms with van der Waals surface area (Å²) in [5.74, 6) is 1.13. The number of hydrogen-bond donors (Lipinski definition) is 2. The third-order valence-corrected chi connectivity index (χ3v) is 3.45. The molecular formula is C13H19NO2. The van der Waals surface area contributed by atoms with Crippen molar-refractivity contribution >= 4 is 0 Å². The number of aromatic hydroxyl groups is 1. The van der Waals surface area contributed by atoms with Crippen LogP contribution in [0.25, 0.3) is 0 Å². The molecule has 0 saturated heterocycles. The highest BCUT2D eigenvalue weighted by molar-refractivity contribution is 5.43. The molecule has 2 atom stereocenters. The van der Waals surface area contributed by atoms with Gasteiger partial charge >= 0.3 is 0 Å². The fraction of sp³-hybridized carbons (Fsp3) is 0.538. The molecule has 0 amide bonds. The summed E-state index contributed by atoms with van der Waals surface area (Å²) in [7, 11) is 1.57. The maximum atomic E-state index is 9.54. The van der Waals surface area contributed by atoms with Gasteiger partial charge in [-0.25, -0.2) is 0 Å². The summed E-state index contributed by atoms with van der Waals surface area (Å²) in [5, 5.41) is 9.54. The molecule has 1 aliphatic carbocycles. The highest BCUT2D eigenvalue weighted by Gasteiger charge is 2.23. The molecule has 1 saturated carbocycles. The van der Waals surface area contributed by atoms with E-state index in [9.17, 15) is 5.11 Å². The Kier molecular flexibility index (Phi) is 3.34. The Hall–Kier alpha value is -1.22. The molecule has 1 aromatic rings. The molecule has 0 aliphatic heterocycles. The molecule has 3 heteroatoms. The summed E-state index contributed by atoms with van der Waals surface area (Å²) in [6.07, 6.45) is 4.69. The Morgan fingerprint density at radius 2 is 2.06 bits per heavy atom. The molecule has 3 N–H and O–H groups in total. The van der Waals surface area contributed by atoms with Crippen LogP contribution >= 0.6 is 0 Å². The molecule has 0 bridgehead atoms.